The topological polar surface area (TPSA) is 86.0 Å². The van der Waals surface area contributed by atoms with Gasteiger partial charge in [-0.1, -0.05) is 54.2 Å². The summed E-state index contributed by atoms with van der Waals surface area (Å²) in [7, 11) is 1.65. The molecule has 3 aromatic heterocycles. The van der Waals surface area contributed by atoms with Crippen LogP contribution in [0.15, 0.2) is 89.7 Å². The minimum Gasteiger partial charge on any atom is -0.495 e. The Hall–Kier alpha value is -4.02. The molecule has 0 bridgehead atoms. The second kappa shape index (κ2) is 12.7. The maximum atomic E-state index is 13.2. The van der Waals surface area contributed by atoms with Crippen LogP contribution in [0.3, 0.4) is 0 Å². The van der Waals surface area contributed by atoms with Crippen molar-refractivity contribution in [1.82, 2.24) is 29.6 Å². The number of amides is 1. The Morgan fingerprint density at radius 2 is 1.83 bits per heavy atom. The summed E-state index contributed by atoms with van der Waals surface area (Å²) in [4.78, 5) is 24.2. The largest absolute Gasteiger partial charge is 0.495 e. The lowest BCUT2D eigenvalue weighted by Gasteiger charge is -2.31. The number of rotatable bonds is 9. The fourth-order valence-corrected chi connectivity index (χ4v) is 6.86. The lowest BCUT2D eigenvalue weighted by Crippen LogP contribution is -2.39. The van der Waals surface area contributed by atoms with E-state index in [0.717, 1.165) is 48.6 Å². The molecular formula is C31H30N6O2S2. The minimum atomic E-state index is 0.0201. The standard InChI is InChI=1S/C31H30N6O2S2/c1-39-27-12-6-5-11-26(27)37-29(24-10-7-15-32-19-24)34-35-31(37)41-21-28-33-25(20-40-28)30(38)36-16-13-23(14-17-36)18-22-8-3-2-4-9-22/h2-12,15,19-20,23H,13-14,16-18,21H2,1H3. The normalized spacial score (nSPS) is 13.8. The Balaban J connectivity index is 1.13. The van der Waals surface area contributed by atoms with Crippen LogP contribution in [-0.2, 0) is 12.2 Å². The molecule has 1 aliphatic rings. The van der Waals surface area contributed by atoms with E-state index in [1.807, 2.05) is 51.2 Å². The predicted molar refractivity (Wildman–Crippen MR) is 162 cm³/mol. The van der Waals surface area contributed by atoms with Crippen molar-refractivity contribution in [2.75, 3.05) is 20.2 Å². The van der Waals surface area contributed by atoms with Gasteiger partial charge in [-0.25, -0.2) is 4.98 Å². The summed E-state index contributed by atoms with van der Waals surface area (Å²) >= 11 is 3.03. The zero-order valence-corrected chi connectivity index (χ0v) is 24.4. The molecule has 208 valence electrons. The van der Waals surface area contributed by atoms with Gasteiger partial charge >= 0.3 is 0 Å². The van der Waals surface area contributed by atoms with Crippen LogP contribution in [0.25, 0.3) is 17.1 Å². The van der Waals surface area contributed by atoms with E-state index in [0.29, 0.717) is 34.1 Å². The lowest BCUT2D eigenvalue weighted by molar-refractivity contribution is 0.0685. The number of hydrogen-bond donors (Lipinski definition) is 0. The van der Waals surface area contributed by atoms with E-state index >= 15 is 0 Å². The first-order valence-electron chi connectivity index (χ1n) is 13.6. The number of methoxy groups -OCH3 is 1. The molecule has 10 heteroatoms. The van der Waals surface area contributed by atoms with Crippen LogP contribution in [0.5, 0.6) is 5.75 Å². The van der Waals surface area contributed by atoms with Gasteiger partial charge in [-0.2, -0.15) is 0 Å². The number of para-hydroxylation sites is 2. The van der Waals surface area contributed by atoms with Crippen molar-refractivity contribution in [3.05, 3.63) is 101 Å². The van der Waals surface area contributed by atoms with Crippen molar-refractivity contribution in [3.63, 3.8) is 0 Å². The number of carbonyl (C=O) groups excluding carboxylic acids is 1. The molecule has 8 nitrogen and oxygen atoms in total. The van der Waals surface area contributed by atoms with E-state index < -0.39 is 0 Å². The number of thiazole rings is 1. The van der Waals surface area contributed by atoms with Gasteiger partial charge in [0.25, 0.3) is 5.91 Å². The number of carbonyl (C=O) groups is 1. The van der Waals surface area contributed by atoms with Crippen molar-refractivity contribution in [3.8, 4) is 22.8 Å². The Morgan fingerprint density at radius 1 is 1.02 bits per heavy atom. The minimum absolute atomic E-state index is 0.0201. The first kappa shape index (κ1) is 27.2. The molecule has 5 aromatic rings. The maximum absolute atomic E-state index is 13.2. The number of ether oxygens (including phenoxy) is 1. The average molecular weight is 583 g/mol. The number of benzene rings is 2. The summed E-state index contributed by atoms with van der Waals surface area (Å²) in [5.74, 6) is 2.59. The molecule has 1 fully saturated rings. The highest BCUT2D eigenvalue weighted by molar-refractivity contribution is 7.98. The third kappa shape index (κ3) is 6.18. The van der Waals surface area contributed by atoms with E-state index in [-0.39, 0.29) is 5.91 Å². The van der Waals surface area contributed by atoms with Gasteiger partial charge in [0.2, 0.25) is 0 Å². The highest BCUT2D eigenvalue weighted by Gasteiger charge is 2.26. The van der Waals surface area contributed by atoms with Crippen LogP contribution in [0, 0.1) is 5.92 Å². The van der Waals surface area contributed by atoms with Crippen LogP contribution in [0.4, 0.5) is 0 Å². The van der Waals surface area contributed by atoms with E-state index in [2.05, 4.69) is 45.5 Å². The van der Waals surface area contributed by atoms with Crippen LogP contribution >= 0.6 is 23.1 Å². The van der Waals surface area contributed by atoms with Gasteiger partial charge in [-0.3, -0.25) is 14.3 Å². The lowest BCUT2D eigenvalue weighted by atomic mass is 9.90. The molecule has 0 saturated carbocycles. The van der Waals surface area contributed by atoms with Gasteiger partial charge < -0.3 is 9.64 Å². The molecule has 0 N–H and O–H groups in total. The van der Waals surface area contributed by atoms with Gasteiger partial charge in [-0.05, 0) is 55.0 Å². The van der Waals surface area contributed by atoms with E-state index in [1.54, 1.807) is 19.5 Å². The third-order valence-electron chi connectivity index (χ3n) is 7.24. The summed E-state index contributed by atoms with van der Waals surface area (Å²) < 4.78 is 7.63. The second-order valence-corrected chi connectivity index (χ2v) is 11.8. The molecular weight excluding hydrogens is 553 g/mol. The zero-order chi connectivity index (χ0) is 28.0. The number of aromatic nitrogens is 5. The van der Waals surface area contributed by atoms with Crippen molar-refractivity contribution in [2.24, 2.45) is 5.92 Å². The van der Waals surface area contributed by atoms with Crippen LogP contribution < -0.4 is 4.74 Å². The van der Waals surface area contributed by atoms with E-state index in [4.69, 9.17) is 9.72 Å². The van der Waals surface area contributed by atoms with Gasteiger partial charge in [0.15, 0.2) is 11.0 Å². The highest BCUT2D eigenvalue weighted by Crippen LogP contribution is 2.34. The Bertz CT molecular complexity index is 1600. The fourth-order valence-electron chi connectivity index (χ4n) is 5.13. The predicted octanol–water partition coefficient (Wildman–Crippen LogP) is 6.18. The van der Waals surface area contributed by atoms with Crippen molar-refractivity contribution < 1.29 is 9.53 Å². The second-order valence-electron chi connectivity index (χ2n) is 9.90. The molecule has 41 heavy (non-hydrogen) atoms. The van der Waals surface area contributed by atoms with E-state index in [1.165, 1.54) is 28.7 Å². The fraction of sp³-hybridized carbons (Fsp3) is 0.258. The molecule has 0 spiro atoms. The van der Waals surface area contributed by atoms with Gasteiger partial charge in [0.1, 0.15) is 16.5 Å². The summed E-state index contributed by atoms with van der Waals surface area (Å²) in [5, 5.41) is 12.5. The number of pyridine rings is 1. The quantitative estimate of drug-likeness (QED) is 0.192. The summed E-state index contributed by atoms with van der Waals surface area (Å²) in [5.41, 5.74) is 3.59. The Morgan fingerprint density at radius 3 is 2.61 bits per heavy atom. The molecule has 0 aliphatic carbocycles. The van der Waals surface area contributed by atoms with E-state index in [9.17, 15) is 4.79 Å². The van der Waals surface area contributed by atoms with Gasteiger partial charge in [-0.15, -0.1) is 21.5 Å². The number of piperidine rings is 1. The van der Waals surface area contributed by atoms with Crippen molar-refractivity contribution in [1.29, 1.82) is 0 Å². The van der Waals surface area contributed by atoms with Gasteiger partial charge in [0, 0.05) is 36.4 Å². The van der Waals surface area contributed by atoms with Crippen molar-refractivity contribution in [2.45, 2.75) is 30.2 Å². The first-order valence-corrected chi connectivity index (χ1v) is 15.5. The SMILES string of the molecule is COc1ccccc1-n1c(SCc2nc(C(=O)N3CCC(Cc4ccccc4)CC3)cs2)nnc1-c1cccnc1. The monoisotopic (exact) mass is 582 g/mol. The van der Waals surface area contributed by atoms with Crippen LogP contribution in [0.1, 0.15) is 33.9 Å². The molecule has 4 heterocycles. The molecule has 1 amide bonds. The third-order valence-corrected chi connectivity index (χ3v) is 9.22. The summed E-state index contributed by atoms with van der Waals surface area (Å²) in [6.45, 7) is 1.55. The molecule has 2 aromatic carbocycles. The summed E-state index contributed by atoms with van der Waals surface area (Å²) in [6.07, 6.45) is 6.62. The maximum Gasteiger partial charge on any atom is 0.273 e. The number of hydrogen-bond acceptors (Lipinski definition) is 8. The first-order chi connectivity index (χ1) is 20.2. The number of thioether (sulfide) groups is 1. The molecule has 0 unspecified atom stereocenters. The van der Waals surface area contributed by atoms with Crippen LogP contribution in [-0.4, -0.2) is 55.7 Å². The molecule has 6 rings (SSSR count). The van der Waals surface area contributed by atoms with Crippen LogP contribution in [0.2, 0.25) is 0 Å². The molecule has 1 aliphatic heterocycles. The van der Waals surface area contributed by atoms with Crippen molar-refractivity contribution >= 4 is 29.0 Å². The number of likely N-dealkylation sites (tertiary alicyclic amines) is 1. The molecule has 1 saturated heterocycles. The van der Waals surface area contributed by atoms with Gasteiger partial charge in [0.05, 0.1) is 18.6 Å². The Labute approximate surface area is 247 Å². The smallest absolute Gasteiger partial charge is 0.273 e. The molecule has 0 radical (unpaired) electrons. The average Bonchev–Trinajstić information content (AvgIpc) is 3.68. The summed E-state index contributed by atoms with van der Waals surface area (Å²) in [6, 6.07) is 22.2. The molecule has 0 atom stereocenters. The highest BCUT2D eigenvalue weighted by atomic mass is 32.2. The Kier molecular flexibility index (Phi) is 8.39. The number of nitrogens with zero attached hydrogens (tertiary/aromatic N) is 6. The zero-order valence-electron chi connectivity index (χ0n) is 22.7.